The van der Waals surface area contributed by atoms with Crippen molar-refractivity contribution in [3.05, 3.63) is 88.7 Å². The molecule has 1 saturated carbocycles. The van der Waals surface area contributed by atoms with Crippen LogP contribution in [0.1, 0.15) is 62.0 Å². The molecule has 2 aliphatic heterocycles. The summed E-state index contributed by atoms with van der Waals surface area (Å²) in [4.78, 5) is 5.21. The standard InChI is InChI=1S/C31H38N2O/c1-32-19-21-33(22-20-32)31-18-9-8-17-28(31)29(25-13-6-3-7-14-25)27-16-10-15-26(30(27)34-31)23-24-11-4-2-5-12-24/h2-7,11-14,23,28-29H,8-10,15-22H2,1H3/b26-23+. The molecule has 2 aliphatic carbocycles. The zero-order chi connectivity index (χ0) is 23.0. The lowest BCUT2D eigenvalue weighted by Gasteiger charge is -2.58. The Morgan fingerprint density at radius 3 is 2.35 bits per heavy atom. The molecular weight excluding hydrogens is 416 g/mol. The summed E-state index contributed by atoms with van der Waals surface area (Å²) in [5.74, 6) is 2.23. The number of allylic oxidation sites excluding steroid dienone is 2. The number of piperazine rings is 1. The summed E-state index contributed by atoms with van der Waals surface area (Å²) in [5.41, 5.74) is 5.57. The van der Waals surface area contributed by atoms with Gasteiger partial charge in [-0.25, -0.2) is 0 Å². The Morgan fingerprint density at radius 2 is 1.59 bits per heavy atom. The van der Waals surface area contributed by atoms with Gasteiger partial charge < -0.3 is 9.64 Å². The van der Waals surface area contributed by atoms with E-state index in [2.05, 4.69) is 83.6 Å². The van der Waals surface area contributed by atoms with Crippen LogP contribution in [-0.2, 0) is 4.74 Å². The van der Waals surface area contributed by atoms with Crippen LogP contribution in [0.25, 0.3) is 6.08 Å². The van der Waals surface area contributed by atoms with Crippen molar-refractivity contribution in [3.8, 4) is 0 Å². The first-order valence-electron chi connectivity index (χ1n) is 13.4. The average molecular weight is 455 g/mol. The van der Waals surface area contributed by atoms with Gasteiger partial charge in [-0.1, -0.05) is 67.1 Å². The van der Waals surface area contributed by atoms with Crippen LogP contribution in [0.15, 0.2) is 77.6 Å². The Morgan fingerprint density at radius 1 is 0.853 bits per heavy atom. The number of fused-ring (bicyclic) bond motifs is 1. The molecule has 178 valence electrons. The van der Waals surface area contributed by atoms with Crippen LogP contribution < -0.4 is 0 Å². The van der Waals surface area contributed by atoms with E-state index in [1.165, 1.54) is 48.1 Å². The first-order valence-corrected chi connectivity index (χ1v) is 13.4. The number of ether oxygens (including phenoxy) is 1. The predicted octanol–water partition coefficient (Wildman–Crippen LogP) is 6.46. The normalized spacial score (nSPS) is 31.6. The number of hydrogen-bond donors (Lipinski definition) is 0. The lowest BCUT2D eigenvalue weighted by Crippen LogP contribution is -2.64. The van der Waals surface area contributed by atoms with E-state index in [0.717, 1.165) is 45.4 Å². The molecule has 2 aromatic carbocycles. The molecule has 2 heterocycles. The van der Waals surface area contributed by atoms with Crippen LogP contribution in [0.5, 0.6) is 0 Å². The summed E-state index contributed by atoms with van der Waals surface area (Å²) in [6, 6.07) is 22.2. The number of likely N-dealkylation sites (N-methyl/N-ethyl adjacent to an activating group) is 1. The summed E-state index contributed by atoms with van der Waals surface area (Å²) < 4.78 is 7.41. The minimum Gasteiger partial charge on any atom is -0.472 e. The van der Waals surface area contributed by atoms with Crippen LogP contribution in [-0.4, -0.2) is 48.8 Å². The summed E-state index contributed by atoms with van der Waals surface area (Å²) in [7, 11) is 2.25. The highest BCUT2D eigenvalue weighted by atomic mass is 16.5. The van der Waals surface area contributed by atoms with Crippen molar-refractivity contribution in [3.63, 3.8) is 0 Å². The summed E-state index contributed by atoms with van der Waals surface area (Å²) in [6.07, 6.45) is 10.9. The Labute approximate surface area is 205 Å². The fourth-order valence-electron chi connectivity index (χ4n) is 7.08. The van der Waals surface area contributed by atoms with Gasteiger partial charge in [0.15, 0.2) is 5.72 Å². The fourth-order valence-corrected chi connectivity index (χ4v) is 7.08. The Kier molecular flexibility index (Phi) is 6.09. The zero-order valence-electron chi connectivity index (χ0n) is 20.6. The first kappa shape index (κ1) is 22.1. The Bertz CT molecular complexity index is 1050. The van der Waals surface area contributed by atoms with Crippen LogP contribution in [0.2, 0.25) is 0 Å². The van der Waals surface area contributed by atoms with Gasteiger partial charge in [-0.15, -0.1) is 0 Å². The van der Waals surface area contributed by atoms with E-state index in [4.69, 9.17) is 4.74 Å². The smallest absolute Gasteiger partial charge is 0.167 e. The second kappa shape index (κ2) is 9.36. The summed E-state index contributed by atoms with van der Waals surface area (Å²) >= 11 is 0. The van der Waals surface area contributed by atoms with Gasteiger partial charge in [0.2, 0.25) is 0 Å². The molecule has 0 bridgehead atoms. The third-order valence-corrected chi connectivity index (χ3v) is 8.75. The number of hydrogen-bond acceptors (Lipinski definition) is 3. The highest BCUT2D eigenvalue weighted by Crippen LogP contribution is 2.57. The molecule has 3 atom stereocenters. The van der Waals surface area contributed by atoms with Crippen molar-refractivity contribution < 1.29 is 4.74 Å². The molecule has 1 saturated heterocycles. The maximum Gasteiger partial charge on any atom is 0.167 e. The molecule has 0 amide bonds. The molecule has 0 N–H and O–H groups in total. The lowest BCUT2D eigenvalue weighted by molar-refractivity contribution is -0.204. The molecule has 3 heteroatoms. The predicted molar refractivity (Wildman–Crippen MR) is 139 cm³/mol. The molecular formula is C31H38N2O. The van der Waals surface area contributed by atoms with E-state index in [-0.39, 0.29) is 5.72 Å². The molecule has 2 fully saturated rings. The molecule has 6 rings (SSSR count). The minimum atomic E-state index is -0.175. The third kappa shape index (κ3) is 3.93. The molecule has 0 radical (unpaired) electrons. The highest BCUT2D eigenvalue weighted by Gasteiger charge is 2.56. The van der Waals surface area contributed by atoms with Crippen molar-refractivity contribution in [1.29, 1.82) is 0 Å². The molecule has 0 aromatic heterocycles. The topological polar surface area (TPSA) is 15.7 Å². The van der Waals surface area contributed by atoms with E-state index in [1.54, 1.807) is 5.57 Å². The van der Waals surface area contributed by atoms with Crippen molar-refractivity contribution in [2.75, 3.05) is 33.2 Å². The zero-order valence-corrected chi connectivity index (χ0v) is 20.6. The van der Waals surface area contributed by atoms with Crippen molar-refractivity contribution >= 4 is 6.08 Å². The summed E-state index contributed by atoms with van der Waals surface area (Å²) in [6.45, 7) is 4.47. The molecule has 2 aromatic rings. The van der Waals surface area contributed by atoms with Gasteiger partial charge >= 0.3 is 0 Å². The SMILES string of the molecule is CN1CCN(C23CCCCC2C(c2ccccc2)C2=C(O3)/C(=C/c3ccccc3)CCC2)CC1. The van der Waals surface area contributed by atoms with Gasteiger partial charge in [0.1, 0.15) is 5.76 Å². The van der Waals surface area contributed by atoms with E-state index >= 15 is 0 Å². The van der Waals surface area contributed by atoms with Crippen LogP contribution in [0.3, 0.4) is 0 Å². The van der Waals surface area contributed by atoms with Gasteiger partial charge in [-0.2, -0.15) is 0 Å². The monoisotopic (exact) mass is 454 g/mol. The molecule has 4 aliphatic rings. The molecule has 0 spiro atoms. The Balaban J connectivity index is 1.50. The summed E-state index contributed by atoms with van der Waals surface area (Å²) in [5, 5.41) is 0. The average Bonchev–Trinajstić information content (AvgIpc) is 2.89. The maximum atomic E-state index is 7.41. The van der Waals surface area contributed by atoms with Gasteiger partial charge in [0.25, 0.3) is 0 Å². The van der Waals surface area contributed by atoms with E-state index in [0.29, 0.717) is 11.8 Å². The van der Waals surface area contributed by atoms with E-state index < -0.39 is 0 Å². The van der Waals surface area contributed by atoms with Crippen molar-refractivity contribution in [1.82, 2.24) is 9.80 Å². The van der Waals surface area contributed by atoms with Crippen molar-refractivity contribution in [2.24, 2.45) is 5.92 Å². The number of rotatable bonds is 3. The van der Waals surface area contributed by atoms with E-state index in [9.17, 15) is 0 Å². The third-order valence-electron chi connectivity index (χ3n) is 8.75. The largest absolute Gasteiger partial charge is 0.472 e. The molecule has 34 heavy (non-hydrogen) atoms. The van der Waals surface area contributed by atoms with Gasteiger partial charge in [0.05, 0.1) is 0 Å². The van der Waals surface area contributed by atoms with Crippen LogP contribution in [0.4, 0.5) is 0 Å². The van der Waals surface area contributed by atoms with Crippen LogP contribution >= 0.6 is 0 Å². The first-order chi connectivity index (χ1) is 16.7. The lowest BCUT2D eigenvalue weighted by atomic mass is 9.64. The fraction of sp³-hybridized carbons (Fsp3) is 0.484. The molecule has 3 nitrogen and oxygen atoms in total. The number of benzene rings is 2. The quantitative estimate of drug-likeness (QED) is 0.530. The second-order valence-electron chi connectivity index (χ2n) is 10.8. The van der Waals surface area contributed by atoms with Gasteiger partial charge in [0, 0.05) is 44.4 Å². The van der Waals surface area contributed by atoms with Gasteiger partial charge in [-0.3, -0.25) is 4.90 Å². The van der Waals surface area contributed by atoms with Crippen LogP contribution in [0, 0.1) is 5.92 Å². The number of nitrogens with zero attached hydrogens (tertiary/aromatic N) is 2. The second-order valence-corrected chi connectivity index (χ2v) is 10.8. The Hall–Kier alpha value is -2.36. The van der Waals surface area contributed by atoms with E-state index in [1.807, 2.05) is 0 Å². The highest BCUT2D eigenvalue weighted by molar-refractivity contribution is 5.60. The van der Waals surface area contributed by atoms with Gasteiger partial charge in [-0.05, 0) is 67.5 Å². The molecule has 3 unspecified atom stereocenters. The van der Waals surface area contributed by atoms with Crippen molar-refractivity contribution in [2.45, 2.75) is 56.6 Å². The maximum absolute atomic E-state index is 7.41. The minimum absolute atomic E-state index is 0.175.